The summed E-state index contributed by atoms with van der Waals surface area (Å²) in [6, 6.07) is 0. The summed E-state index contributed by atoms with van der Waals surface area (Å²) in [5.74, 6) is 0. The molecule has 1 heterocycles. The number of hydrogen-bond donors (Lipinski definition) is 1. The van der Waals surface area contributed by atoms with Gasteiger partial charge in [-0.2, -0.15) is 0 Å². The van der Waals surface area contributed by atoms with Crippen LogP contribution >= 0.6 is 12.4 Å². The number of hydrazine groups is 1. The molecule has 0 saturated carbocycles. The van der Waals surface area contributed by atoms with E-state index in [-0.39, 0.29) is 12.4 Å². The van der Waals surface area contributed by atoms with E-state index in [1.165, 1.54) is 0 Å². The summed E-state index contributed by atoms with van der Waals surface area (Å²) < 4.78 is 0. The molecule has 70 valence electrons. The summed E-state index contributed by atoms with van der Waals surface area (Å²) in [5, 5.41) is 2.05. The Morgan fingerprint density at radius 3 is 2.83 bits per heavy atom. The first-order valence-electron chi connectivity index (χ1n) is 3.93. The van der Waals surface area contributed by atoms with Gasteiger partial charge in [-0.1, -0.05) is 13.5 Å². The lowest BCUT2D eigenvalue weighted by molar-refractivity contribution is 0.235. The molecule has 0 saturated heterocycles. The van der Waals surface area contributed by atoms with Crippen LogP contribution in [-0.2, 0) is 0 Å². The molecule has 0 aromatic heterocycles. The van der Waals surface area contributed by atoms with Crippen molar-refractivity contribution in [2.24, 2.45) is 0 Å². The Hall–Kier alpha value is -0.670. The van der Waals surface area contributed by atoms with E-state index >= 15 is 0 Å². The van der Waals surface area contributed by atoms with Gasteiger partial charge in [0.2, 0.25) is 0 Å². The van der Waals surface area contributed by atoms with Crippen molar-refractivity contribution >= 4 is 12.4 Å². The van der Waals surface area contributed by atoms with Crippen LogP contribution in [0, 0.1) is 0 Å². The van der Waals surface area contributed by atoms with Gasteiger partial charge in [0.15, 0.2) is 0 Å². The molecule has 0 spiro atoms. The fraction of sp³-hybridized carbons (Fsp3) is 0.500. The monoisotopic (exact) mass is 189 g/mol. The predicted octanol–water partition coefficient (Wildman–Crippen LogP) is 1.51. The van der Waals surface area contributed by atoms with Crippen molar-refractivity contribution in [3.63, 3.8) is 0 Å². The van der Waals surface area contributed by atoms with Crippen LogP contribution < -0.4 is 5.43 Å². The second kappa shape index (κ2) is 5.91. The maximum absolute atomic E-state index is 3.68. The molecule has 0 aromatic carbocycles. The minimum absolute atomic E-state index is 0. The molecule has 0 atom stereocenters. The first-order valence-corrected chi connectivity index (χ1v) is 3.93. The van der Waals surface area contributed by atoms with Crippen molar-refractivity contribution in [2.45, 2.75) is 13.3 Å². The van der Waals surface area contributed by atoms with Gasteiger partial charge in [0.05, 0.1) is 0 Å². The van der Waals surface area contributed by atoms with Crippen molar-refractivity contribution in [1.82, 2.24) is 15.3 Å². The average Bonchev–Trinajstić information content (AvgIpc) is 2.48. The van der Waals surface area contributed by atoms with E-state index in [1.807, 2.05) is 28.5 Å². The maximum atomic E-state index is 3.68. The molecular weight excluding hydrogens is 174 g/mol. The molecule has 1 aliphatic rings. The molecule has 1 aliphatic heterocycles. The number of nitrogens with one attached hydrogen (secondary N) is 1. The largest absolute Gasteiger partial charge is 0.334 e. The van der Waals surface area contributed by atoms with Crippen LogP contribution in [0.4, 0.5) is 0 Å². The van der Waals surface area contributed by atoms with Gasteiger partial charge < -0.3 is 4.90 Å². The van der Waals surface area contributed by atoms with E-state index in [0.717, 1.165) is 19.6 Å². The van der Waals surface area contributed by atoms with Gasteiger partial charge >= 0.3 is 0 Å². The first kappa shape index (κ1) is 11.3. The van der Waals surface area contributed by atoms with Crippen LogP contribution in [0.1, 0.15) is 13.3 Å². The lowest BCUT2D eigenvalue weighted by atomic mass is 10.5. The molecule has 0 aliphatic carbocycles. The highest BCUT2D eigenvalue weighted by atomic mass is 35.5. The molecule has 0 unspecified atom stereocenters. The van der Waals surface area contributed by atoms with E-state index in [0.29, 0.717) is 0 Å². The highest BCUT2D eigenvalue weighted by Gasteiger charge is 2.06. The molecular formula is C8H16ClN3. The Kier molecular flexibility index (Phi) is 5.58. The van der Waals surface area contributed by atoms with Gasteiger partial charge in [0.1, 0.15) is 6.67 Å². The highest BCUT2D eigenvalue weighted by Crippen LogP contribution is 2.02. The number of hydrogen-bond acceptors (Lipinski definition) is 3. The minimum Gasteiger partial charge on any atom is -0.334 e. The molecule has 0 aromatic rings. The standard InChI is InChI=1S/C8H15N3.ClH/c1-3-5-9-11-7-6-10(4-2)8-11;/h4,6-7,9H,2-3,5,8H2,1H3;1H. The lowest BCUT2D eigenvalue weighted by Crippen LogP contribution is -2.35. The third kappa shape index (κ3) is 3.15. The Morgan fingerprint density at radius 2 is 2.33 bits per heavy atom. The maximum Gasteiger partial charge on any atom is 0.108 e. The van der Waals surface area contributed by atoms with E-state index in [4.69, 9.17) is 0 Å². The Morgan fingerprint density at radius 1 is 1.58 bits per heavy atom. The molecule has 3 nitrogen and oxygen atoms in total. The van der Waals surface area contributed by atoms with E-state index in [1.54, 1.807) is 0 Å². The molecule has 0 amide bonds. The zero-order valence-corrected chi connectivity index (χ0v) is 8.18. The first-order chi connectivity index (χ1) is 5.36. The van der Waals surface area contributed by atoms with Crippen LogP contribution in [0.2, 0.25) is 0 Å². The van der Waals surface area contributed by atoms with Crippen molar-refractivity contribution in [2.75, 3.05) is 13.2 Å². The number of halogens is 1. The molecule has 0 fully saturated rings. The quantitative estimate of drug-likeness (QED) is 0.724. The molecule has 4 heteroatoms. The summed E-state index contributed by atoms with van der Waals surface area (Å²) in [4.78, 5) is 2.02. The van der Waals surface area contributed by atoms with Crippen LogP contribution in [0.3, 0.4) is 0 Å². The van der Waals surface area contributed by atoms with Crippen molar-refractivity contribution in [3.05, 3.63) is 25.2 Å². The molecule has 12 heavy (non-hydrogen) atoms. The molecule has 0 bridgehead atoms. The Bertz CT molecular complexity index is 158. The van der Waals surface area contributed by atoms with Crippen LogP contribution in [-0.4, -0.2) is 23.1 Å². The van der Waals surface area contributed by atoms with E-state index < -0.39 is 0 Å². The Labute approximate surface area is 80.1 Å². The topological polar surface area (TPSA) is 18.5 Å². The average molecular weight is 190 g/mol. The fourth-order valence-electron chi connectivity index (χ4n) is 0.913. The van der Waals surface area contributed by atoms with Gasteiger partial charge in [-0.25, -0.2) is 5.43 Å². The van der Waals surface area contributed by atoms with Crippen LogP contribution in [0.15, 0.2) is 25.2 Å². The third-order valence-corrected chi connectivity index (χ3v) is 1.55. The van der Waals surface area contributed by atoms with Crippen LogP contribution in [0.25, 0.3) is 0 Å². The van der Waals surface area contributed by atoms with Gasteiger partial charge in [-0.15, -0.1) is 12.4 Å². The summed E-state index contributed by atoms with van der Waals surface area (Å²) in [7, 11) is 0. The SMILES string of the molecule is C=CN1C=CN(NCCC)C1.Cl. The fourth-order valence-corrected chi connectivity index (χ4v) is 0.913. The van der Waals surface area contributed by atoms with E-state index in [2.05, 4.69) is 18.9 Å². The minimum atomic E-state index is 0. The van der Waals surface area contributed by atoms with Gasteiger partial charge in [0.25, 0.3) is 0 Å². The van der Waals surface area contributed by atoms with Gasteiger partial charge in [-0.3, -0.25) is 5.01 Å². The summed E-state index contributed by atoms with van der Waals surface area (Å²) in [6.07, 6.45) is 6.97. The summed E-state index contributed by atoms with van der Waals surface area (Å²) >= 11 is 0. The van der Waals surface area contributed by atoms with Crippen molar-refractivity contribution in [3.8, 4) is 0 Å². The highest BCUT2D eigenvalue weighted by molar-refractivity contribution is 5.85. The van der Waals surface area contributed by atoms with Gasteiger partial charge in [0, 0.05) is 18.9 Å². The second-order valence-electron chi connectivity index (χ2n) is 2.51. The zero-order valence-electron chi connectivity index (χ0n) is 7.36. The third-order valence-electron chi connectivity index (χ3n) is 1.55. The van der Waals surface area contributed by atoms with Crippen LogP contribution in [0.5, 0.6) is 0 Å². The molecule has 0 radical (unpaired) electrons. The normalized spacial score (nSPS) is 14.8. The number of rotatable bonds is 4. The van der Waals surface area contributed by atoms with E-state index in [9.17, 15) is 0 Å². The second-order valence-corrected chi connectivity index (χ2v) is 2.51. The van der Waals surface area contributed by atoms with Crippen molar-refractivity contribution < 1.29 is 0 Å². The predicted molar refractivity (Wildman–Crippen MR) is 53.4 cm³/mol. The number of nitrogens with zero attached hydrogens (tertiary/aromatic N) is 2. The molecule has 1 N–H and O–H groups in total. The van der Waals surface area contributed by atoms with Gasteiger partial charge in [-0.05, 0) is 12.6 Å². The summed E-state index contributed by atoms with van der Waals surface area (Å²) in [6.45, 7) is 7.72. The van der Waals surface area contributed by atoms with Crippen molar-refractivity contribution in [1.29, 1.82) is 0 Å². The Balaban J connectivity index is 0.00000121. The summed E-state index contributed by atoms with van der Waals surface area (Å²) in [5.41, 5.74) is 3.25. The zero-order chi connectivity index (χ0) is 8.10. The smallest absolute Gasteiger partial charge is 0.108 e. The molecule has 1 rings (SSSR count). The lowest BCUT2D eigenvalue weighted by Gasteiger charge is -2.18.